The molecule has 0 saturated carbocycles. The molecule has 0 aromatic heterocycles. The molecular formula is C41H84. The molecule has 0 saturated heterocycles. The Labute approximate surface area is 263 Å². The molecule has 248 valence electrons. The van der Waals surface area contributed by atoms with E-state index in [1.165, 1.54) is 225 Å². The van der Waals surface area contributed by atoms with E-state index in [0.717, 1.165) is 11.8 Å². The van der Waals surface area contributed by atoms with E-state index in [0.29, 0.717) is 0 Å². The lowest BCUT2D eigenvalue weighted by atomic mass is 9.92. The van der Waals surface area contributed by atoms with E-state index in [-0.39, 0.29) is 0 Å². The van der Waals surface area contributed by atoms with Gasteiger partial charge in [-0.05, 0) is 11.8 Å². The first kappa shape index (κ1) is 41.0. The van der Waals surface area contributed by atoms with Crippen LogP contribution in [-0.2, 0) is 0 Å². The Morgan fingerprint density at radius 3 is 0.610 bits per heavy atom. The first-order valence-electron chi connectivity index (χ1n) is 20.2. The van der Waals surface area contributed by atoms with E-state index in [4.69, 9.17) is 0 Å². The lowest BCUT2D eigenvalue weighted by molar-refractivity contribution is 0.390. The van der Waals surface area contributed by atoms with Crippen LogP contribution < -0.4 is 0 Å². The van der Waals surface area contributed by atoms with E-state index in [1.54, 1.807) is 0 Å². The highest BCUT2D eigenvalue weighted by Crippen LogP contribution is 2.22. The Kier molecular flexibility index (Phi) is 36.2. The van der Waals surface area contributed by atoms with Gasteiger partial charge in [0.05, 0.1) is 0 Å². The Balaban J connectivity index is 3.21. The SMILES string of the molecule is CCCCCCCCCCCCCCCCCCCCCCCCC(C)CCCC(C)CCCCCCCCCC. The zero-order valence-corrected chi connectivity index (χ0v) is 29.9. The number of unbranched alkanes of at least 4 members (excludes halogenated alkanes) is 28. The van der Waals surface area contributed by atoms with Crippen LogP contribution in [0.5, 0.6) is 0 Å². The summed E-state index contributed by atoms with van der Waals surface area (Å²) in [6, 6.07) is 0. The van der Waals surface area contributed by atoms with Crippen molar-refractivity contribution in [3.8, 4) is 0 Å². The Bertz CT molecular complexity index is 439. The molecule has 0 spiro atoms. The summed E-state index contributed by atoms with van der Waals surface area (Å²) < 4.78 is 0. The van der Waals surface area contributed by atoms with Crippen molar-refractivity contribution in [2.75, 3.05) is 0 Å². The van der Waals surface area contributed by atoms with Crippen LogP contribution in [0.25, 0.3) is 0 Å². The van der Waals surface area contributed by atoms with E-state index in [9.17, 15) is 0 Å². The van der Waals surface area contributed by atoms with Crippen molar-refractivity contribution in [2.45, 2.75) is 252 Å². The molecule has 0 aliphatic heterocycles. The summed E-state index contributed by atoms with van der Waals surface area (Å²) in [5, 5.41) is 0. The van der Waals surface area contributed by atoms with Gasteiger partial charge in [-0.25, -0.2) is 0 Å². The highest BCUT2D eigenvalue weighted by molar-refractivity contribution is 4.60. The minimum Gasteiger partial charge on any atom is -0.0654 e. The molecule has 0 aliphatic rings. The summed E-state index contributed by atoms with van der Waals surface area (Å²) in [5.74, 6) is 1.91. The maximum atomic E-state index is 2.51. The van der Waals surface area contributed by atoms with Gasteiger partial charge in [-0.3, -0.25) is 0 Å². The van der Waals surface area contributed by atoms with Gasteiger partial charge in [0.2, 0.25) is 0 Å². The molecule has 0 radical (unpaired) electrons. The molecule has 0 heteroatoms. The number of rotatable bonds is 36. The van der Waals surface area contributed by atoms with E-state index in [2.05, 4.69) is 27.7 Å². The first-order chi connectivity index (χ1) is 20.2. The Morgan fingerprint density at radius 2 is 0.390 bits per heavy atom. The van der Waals surface area contributed by atoms with Crippen LogP contribution in [0.15, 0.2) is 0 Å². The van der Waals surface area contributed by atoms with Crippen LogP contribution >= 0.6 is 0 Å². The fourth-order valence-corrected chi connectivity index (χ4v) is 6.83. The molecule has 0 aromatic carbocycles. The monoisotopic (exact) mass is 577 g/mol. The third-order valence-corrected chi connectivity index (χ3v) is 9.99. The maximum absolute atomic E-state index is 2.51. The van der Waals surface area contributed by atoms with Gasteiger partial charge < -0.3 is 0 Å². The highest BCUT2D eigenvalue weighted by Gasteiger charge is 2.06. The van der Waals surface area contributed by atoms with Crippen molar-refractivity contribution in [1.29, 1.82) is 0 Å². The quantitative estimate of drug-likeness (QED) is 0.0651. The number of hydrogen-bond donors (Lipinski definition) is 0. The van der Waals surface area contributed by atoms with Crippen molar-refractivity contribution in [3.63, 3.8) is 0 Å². The van der Waals surface area contributed by atoms with Gasteiger partial charge in [-0.15, -0.1) is 0 Å². The molecule has 41 heavy (non-hydrogen) atoms. The summed E-state index contributed by atoms with van der Waals surface area (Å²) in [4.78, 5) is 0. The minimum atomic E-state index is 0.954. The molecule has 0 aromatic rings. The van der Waals surface area contributed by atoms with Crippen molar-refractivity contribution in [2.24, 2.45) is 11.8 Å². The fourth-order valence-electron chi connectivity index (χ4n) is 6.83. The first-order valence-corrected chi connectivity index (χ1v) is 20.2. The molecule has 0 nitrogen and oxygen atoms in total. The smallest absolute Gasteiger partial charge is 0.0443 e. The lowest BCUT2D eigenvalue weighted by Gasteiger charge is -2.14. The van der Waals surface area contributed by atoms with Crippen LogP contribution in [0, 0.1) is 11.8 Å². The zero-order valence-electron chi connectivity index (χ0n) is 29.9. The van der Waals surface area contributed by atoms with Gasteiger partial charge >= 0.3 is 0 Å². The highest BCUT2D eigenvalue weighted by atomic mass is 14.1. The maximum Gasteiger partial charge on any atom is -0.0443 e. The molecule has 0 bridgehead atoms. The largest absolute Gasteiger partial charge is 0.0654 e. The number of hydrogen-bond acceptors (Lipinski definition) is 0. The van der Waals surface area contributed by atoms with Crippen LogP contribution in [0.3, 0.4) is 0 Å². The third kappa shape index (κ3) is 36.1. The molecule has 2 atom stereocenters. The lowest BCUT2D eigenvalue weighted by Crippen LogP contribution is -1.99. The summed E-state index contributed by atoms with van der Waals surface area (Å²) in [6.07, 6.45) is 51.6. The normalized spacial score (nSPS) is 13.2. The van der Waals surface area contributed by atoms with Crippen LogP contribution in [0.2, 0.25) is 0 Å². The average Bonchev–Trinajstić information content (AvgIpc) is 2.97. The zero-order chi connectivity index (χ0) is 29.9. The third-order valence-electron chi connectivity index (χ3n) is 9.99. The summed E-state index contributed by atoms with van der Waals surface area (Å²) in [6.45, 7) is 9.64. The predicted octanol–water partition coefficient (Wildman–Crippen LogP) is 16.0. The molecule has 0 amide bonds. The summed E-state index contributed by atoms with van der Waals surface area (Å²) >= 11 is 0. The van der Waals surface area contributed by atoms with Crippen molar-refractivity contribution in [1.82, 2.24) is 0 Å². The van der Waals surface area contributed by atoms with Crippen LogP contribution in [0.1, 0.15) is 252 Å². The van der Waals surface area contributed by atoms with Crippen LogP contribution in [-0.4, -0.2) is 0 Å². The second-order valence-electron chi connectivity index (χ2n) is 14.6. The molecule has 2 unspecified atom stereocenters. The van der Waals surface area contributed by atoms with Gasteiger partial charge in [0.15, 0.2) is 0 Å². The summed E-state index contributed by atoms with van der Waals surface area (Å²) in [5.41, 5.74) is 0. The van der Waals surface area contributed by atoms with Gasteiger partial charge in [0.1, 0.15) is 0 Å². The van der Waals surface area contributed by atoms with Gasteiger partial charge in [-0.2, -0.15) is 0 Å². The molecule has 0 fully saturated rings. The van der Waals surface area contributed by atoms with E-state index >= 15 is 0 Å². The topological polar surface area (TPSA) is 0 Å². The molecular weight excluding hydrogens is 492 g/mol. The average molecular weight is 577 g/mol. The standard InChI is InChI=1S/C41H84/c1-5-7-9-11-13-15-16-17-18-19-20-21-22-23-24-25-26-27-28-30-32-34-37-41(4)39-35-38-40(3)36-33-31-29-14-12-10-8-6-2/h40-41H,5-39H2,1-4H3. The van der Waals surface area contributed by atoms with E-state index < -0.39 is 0 Å². The van der Waals surface area contributed by atoms with E-state index in [1.807, 2.05) is 0 Å². The second-order valence-corrected chi connectivity index (χ2v) is 14.6. The van der Waals surface area contributed by atoms with Crippen molar-refractivity contribution in [3.05, 3.63) is 0 Å². The predicted molar refractivity (Wildman–Crippen MR) is 191 cm³/mol. The second kappa shape index (κ2) is 36.2. The Hall–Kier alpha value is 0. The molecule has 0 heterocycles. The fraction of sp³-hybridized carbons (Fsp3) is 1.00. The Morgan fingerprint density at radius 1 is 0.220 bits per heavy atom. The minimum absolute atomic E-state index is 0.954. The van der Waals surface area contributed by atoms with Crippen molar-refractivity contribution >= 4 is 0 Å². The molecule has 0 rings (SSSR count). The van der Waals surface area contributed by atoms with Gasteiger partial charge in [0.25, 0.3) is 0 Å². The van der Waals surface area contributed by atoms with Gasteiger partial charge in [-0.1, -0.05) is 252 Å². The molecule has 0 aliphatic carbocycles. The van der Waals surface area contributed by atoms with Crippen molar-refractivity contribution < 1.29 is 0 Å². The van der Waals surface area contributed by atoms with Gasteiger partial charge in [0, 0.05) is 0 Å². The molecule has 0 N–H and O–H groups in total. The summed E-state index contributed by atoms with van der Waals surface area (Å²) in [7, 11) is 0. The van der Waals surface area contributed by atoms with Crippen LogP contribution in [0.4, 0.5) is 0 Å².